The lowest BCUT2D eigenvalue weighted by Gasteiger charge is -2.10. The molecule has 0 fully saturated rings. The highest BCUT2D eigenvalue weighted by Gasteiger charge is 2.20. The normalized spacial score (nSPS) is 11.4. The van der Waals surface area contributed by atoms with Crippen LogP contribution in [-0.4, -0.2) is 25.2 Å². The summed E-state index contributed by atoms with van der Waals surface area (Å²) in [5.74, 6) is -0.144. The summed E-state index contributed by atoms with van der Waals surface area (Å²) in [6, 6.07) is 13.9. The number of hydrogen-bond donors (Lipinski definition) is 1. The van der Waals surface area contributed by atoms with Crippen LogP contribution < -0.4 is 5.32 Å². The summed E-state index contributed by atoms with van der Waals surface area (Å²) in [7, 11) is -3.64. The molecule has 1 amide bonds. The number of nitrogens with one attached hydrogen (secondary N) is 1. The highest BCUT2D eigenvalue weighted by molar-refractivity contribution is 9.10. The fraction of sp³-hybridized carbons (Fsp3) is 0.200. The lowest BCUT2D eigenvalue weighted by Crippen LogP contribution is -2.18. The molecule has 2 aromatic carbocycles. The highest BCUT2D eigenvalue weighted by atomic mass is 79.9. The maximum atomic E-state index is 12.8. The van der Waals surface area contributed by atoms with Gasteiger partial charge in [0.1, 0.15) is 0 Å². The fourth-order valence-electron chi connectivity index (χ4n) is 2.71. The molecule has 0 radical (unpaired) electrons. The lowest BCUT2D eigenvalue weighted by molar-refractivity contribution is -0.115. The van der Waals surface area contributed by atoms with Gasteiger partial charge in [0.05, 0.1) is 16.3 Å². The van der Waals surface area contributed by atoms with E-state index in [2.05, 4.69) is 26.4 Å². The summed E-state index contributed by atoms with van der Waals surface area (Å²) >= 11 is 3.33. The van der Waals surface area contributed by atoms with Crippen LogP contribution in [0.15, 0.2) is 62.4 Å². The van der Waals surface area contributed by atoms with Crippen LogP contribution in [0, 0.1) is 13.8 Å². The Balaban J connectivity index is 1.74. The number of aryl methyl sites for hydroxylation is 2. The van der Waals surface area contributed by atoms with Crippen LogP contribution in [-0.2, 0) is 14.6 Å². The van der Waals surface area contributed by atoms with Gasteiger partial charge in [0.2, 0.25) is 5.91 Å². The first-order valence-corrected chi connectivity index (χ1v) is 11.0. The third kappa shape index (κ3) is 4.88. The maximum Gasteiger partial charge on any atom is 0.225 e. The van der Waals surface area contributed by atoms with Gasteiger partial charge in [-0.05, 0) is 43.7 Å². The van der Waals surface area contributed by atoms with Gasteiger partial charge in [-0.2, -0.15) is 0 Å². The number of hydrogen-bond acceptors (Lipinski definition) is 5. The second-order valence-electron chi connectivity index (χ2n) is 6.44. The molecular formula is C20H19BrN2O4S. The molecule has 0 atom stereocenters. The Morgan fingerprint density at radius 1 is 1.14 bits per heavy atom. The van der Waals surface area contributed by atoms with Crippen LogP contribution in [0.3, 0.4) is 0 Å². The number of aromatic nitrogens is 1. The zero-order valence-electron chi connectivity index (χ0n) is 15.4. The Labute approximate surface area is 172 Å². The zero-order chi connectivity index (χ0) is 20.3. The van der Waals surface area contributed by atoms with Crippen molar-refractivity contribution in [2.24, 2.45) is 0 Å². The Morgan fingerprint density at radius 2 is 1.93 bits per heavy atom. The number of rotatable bonds is 6. The van der Waals surface area contributed by atoms with Gasteiger partial charge in [0, 0.05) is 28.2 Å². The van der Waals surface area contributed by atoms with Crippen molar-refractivity contribution in [2.75, 3.05) is 11.1 Å². The molecule has 8 heteroatoms. The van der Waals surface area contributed by atoms with Crippen molar-refractivity contribution in [1.82, 2.24) is 5.16 Å². The smallest absolute Gasteiger partial charge is 0.225 e. The lowest BCUT2D eigenvalue weighted by atomic mass is 10.1. The third-order valence-corrected chi connectivity index (χ3v) is 6.49. The summed E-state index contributed by atoms with van der Waals surface area (Å²) in [5, 5.41) is 6.54. The average molecular weight is 463 g/mol. The SMILES string of the molecule is Cc1cc(-c2ccc(C)c(S(=O)(=O)CCC(=O)Nc3cccc(Br)c3)c2)on1. The van der Waals surface area contributed by atoms with E-state index in [0.29, 0.717) is 28.3 Å². The largest absolute Gasteiger partial charge is 0.356 e. The van der Waals surface area contributed by atoms with Crippen LogP contribution in [0.1, 0.15) is 17.7 Å². The van der Waals surface area contributed by atoms with Crippen LogP contribution in [0.2, 0.25) is 0 Å². The molecule has 6 nitrogen and oxygen atoms in total. The van der Waals surface area contributed by atoms with E-state index in [4.69, 9.17) is 4.52 Å². The van der Waals surface area contributed by atoms with Crippen LogP contribution in [0.25, 0.3) is 11.3 Å². The van der Waals surface area contributed by atoms with Gasteiger partial charge < -0.3 is 9.84 Å². The molecule has 0 aliphatic carbocycles. The summed E-state index contributed by atoms with van der Waals surface area (Å²) in [6.45, 7) is 3.52. The van der Waals surface area contributed by atoms with E-state index >= 15 is 0 Å². The number of anilines is 1. The number of halogens is 1. The number of carbonyl (C=O) groups excluding carboxylic acids is 1. The number of benzene rings is 2. The van der Waals surface area contributed by atoms with Crippen LogP contribution in [0.4, 0.5) is 5.69 Å². The third-order valence-electron chi connectivity index (χ3n) is 4.14. The Hall–Kier alpha value is -2.45. The Morgan fingerprint density at radius 3 is 2.61 bits per heavy atom. The van der Waals surface area contributed by atoms with Gasteiger partial charge in [0.25, 0.3) is 0 Å². The minimum Gasteiger partial charge on any atom is -0.356 e. The zero-order valence-corrected chi connectivity index (χ0v) is 17.8. The standard InChI is InChI=1S/C20H19BrN2O4S/c1-13-6-7-15(18-10-14(2)23-27-18)11-19(13)28(25,26)9-8-20(24)22-17-5-3-4-16(21)12-17/h3-7,10-12H,8-9H2,1-2H3,(H,22,24). The minimum atomic E-state index is -3.64. The van der Waals surface area contributed by atoms with Crippen molar-refractivity contribution in [3.05, 3.63) is 64.3 Å². The number of amides is 1. The predicted octanol–water partition coefficient (Wildman–Crippen LogP) is 4.52. The quantitative estimate of drug-likeness (QED) is 0.581. The van der Waals surface area contributed by atoms with Crippen molar-refractivity contribution in [1.29, 1.82) is 0 Å². The molecule has 28 heavy (non-hydrogen) atoms. The molecule has 0 aliphatic heterocycles. The van der Waals surface area contributed by atoms with Gasteiger partial charge in [-0.25, -0.2) is 8.42 Å². The van der Waals surface area contributed by atoms with Crippen molar-refractivity contribution >= 4 is 37.4 Å². The summed E-state index contributed by atoms with van der Waals surface area (Å²) in [4.78, 5) is 12.4. The molecule has 0 saturated heterocycles. The van der Waals surface area contributed by atoms with E-state index in [-0.39, 0.29) is 23.0 Å². The molecule has 1 aromatic heterocycles. The van der Waals surface area contributed by atoms with Gasteiger partial charge in [-0.3, -0.25) is 4.79 Å². The first kappa shape index (κ1) is 20.3. The average Bonchev–Trinajstić information content (AvgIpc) is 3.07. The molecule has 0 aliphatic rings. The topological polar surface area (TPSA) is 89.3 Å². The van der Waals surface area contributed by atoms with Crippen LogP contribution in [0.5, 0.6) is 0 Å². The minimum absolute atomic E-state index is 0.139. The van der Waals surface area contributed by atoms with Crippen molar-refractivity contribution in [3.8, 4) is 11.3 Å². The number of nitrogens with zero attached hydrogens (tertiary/aromatic N) is 1. The van der Waals surface area contributed by atoms with Gasteiger partial charge in [0.15, 0.2) is 15.6 Å². The van der Waals surface area contributed by atoms with E-state index in [9.17, 15) is 13.2 Å². The monoisotopic (exact) mass is 462 g/mol. The van der Waals surface area contributed by atoms with E-state index in [1.807, 2.05) is 6.07 Å². The van der Waals surface area contributed by atoms with Crippen molar-refractivity contribution < 1.29 is 17.7 Å². The summed E-state index contributed by atoms with van der Waals surface area (Å²) < 4.78 is 31.7. The molecule has 1 heterocycles. The molecule has 0 bridgehead atoms. The van der Waals surface area contributed by atoms with E-state index in [0.717, 1.165) is 4.47 Å². The maximum absolute atomic E-state index is 12.8. The first-order valence-electron chi connectivity index (χ1n) is 8.57. The Kier molecular flexibility index (Phi) is 6.00. The molecule has 0 unspecified atom stereocenters. The van der Waals surface area contributed by atoms with Crippen LogP contribution >= 0.6 is 15.9 Å². The summed E-state index contributed by atoms with van der Waals surface area (Å²) in [5.41, 5.74) is 2.57. The Bertz CT molecular complexity index is 1120. The molecule has 3 aromatic rings. The van der Waals surface area contributed by atoms with Crippen molar-refractivity contribution in [2.45, 2.75) is 25.2 Å². The molecule has 3 rings (SSSR count). The highest BCUT2D eigenvalue weighted by Crippen LogP contribution is 2.26. The molecule has 1 N–H and O–H groups in total. The van der Waals surface area contributed by atoms with Gasteiger partial charge in [-0.15, -0.1) is 0 Å². The summed E-state index contributed by atoms with van der Waals surface area (Å²) in [6.07, 6.45) is -0.139. The van der Waals surface area contributed by atoms with E-state index in [1.54, 1.807) is 56.3 Å². The van der Waals surface area contributed by atoms with Crippen molar-refractivity contribution in [3.63, 3.8) is 0 Å². The second kappa shape index (κ2) is 8.28. The molecule has 146 valence electrons. The van der Waals surface area contributed by atoms with Gasteiger partial charge >= 0.3 is 0 Å². The molecule has 0 saturated carbocycles. The first-order chi connectivity index (χ1) is 13.2. The fourth-order valence-corrected chi connectivity index (χ4v) is 4.65. The number of sulfone groups is 1. The van der Waals surface area contributed by atoms with E-state index < -0.39 is 9.84 Å². The number of carbonyl (C=O) groups is 1. The molecule has 0 spiro atoms. The second-order valence-corrected chi connectivity index (χ2v) is 9.43. The van der Waals surface area contributed by atoms with E-state index in [1.165, 1.54) is 0 Å². The predicted molar refractivity (Wildman–Crippen MR) is 111 cm³/mol. The van der Waals surface area contributed by atoms with Gasteiger partial charge in [-0.1, -0.05) is 39.3 Å². The molecular weight excluding hydrogens is 444 g/mol.